The van der Waals surface area contributed by atoms with Crippen molar-refractivity contribution >= 4 is 18.3 Å². The molecule has 2 N–H and O–H groups in total. The van der Waals surface area contributed by atoms with Crippen LogP contribution in [-0.4, -0.2) is 30.4 Å². The van der Waals surface area contributed by atoms with Crippen LogP contribution in [0.3, 0.4) is 0 Å². The molecule has 2 fully saturated rings. The van der Waals surface area contributed by atoms with E-state index < -0.39 is 0 Å². The van der Waals surface area contributed by atoms with Crippen molar-refractivity contribution in [3.05, 3.63) is 0 Å². The first-order valence-corrected chi connectivity index (χ1v) is 7.60. The van der Waals surface area contributed by atoms with Crippen molar-refractivity contribution in [2.24, 2.45) is 23.5 Å². The summed E-state index contributed by atoms with van der Waals surface area (Å²) in [6.07, 6.45) is 8.33. The molecule has 2 unspecified atom stereocenters. The number of rotatable bonds is 3. The molecule has 19 heavy (non-hydrogen) atoms. The van der Waals surface area contributed by atoms with Gasteiger partial charge in [0.15, 0.2) is 0 Å². The van der Waals surface area contributed by atoms with Crippen LogP contribution in [0.4, 0.5) is 0 Å². The van der Waals surface area contributed by atoms with Crippen LogP contribution in [0.2, 0.25) is 0 Å². The van der Waals surface area contributed by atoms with Gasteiger partial charge in [-0.2, -0.15) is 0 Å². The summed E-state index contributed by atoms with van der Waals surface area (Å²) in [5, 5.41) is 0. The van der Waals surface area contributed by atoms with Crippen LogP contribution in [-0.2, 0) is 4.79 Å². The summed E-state index contributed by atoms with van der Waals surface area (Å²) in [5.41, 5.74) is 5.79. The van der Waals surface area contributed by atoms with Gasteiger partial charge in [-0.25, -0.2) is 0 Å². The lowest BCUT2D eigenvalue weighted by Crippen LogP contribution is -2.44. The third kappa shape index (κ3) is 3.85. The lowest BCUT2D eigenvalue weighted by molar-refractivity contribution is -0.138. The van der Waals surface area contributed by atoms with E-state index in [0.717, 1.165) is 18.8 Å². The van der Waals surface area contributed by atoms with Gasteiger partial charge in [0.25, 0.3) is 0 Å². The molecular formula is C15H29ClN2O. The van der Waals surface area contributed by atoms with Gasteiger partial charge in [-0.15, -0.1) is 12.4 Å². The van der Waals surface area contributed by atoms with Gasteiger partial charge < -0.3 is 10.6 Å². The number of hydrogen-bond donors (Lipinski definition) is 1. The zero-order valence-corrected chi connectivity index (χ0v) is 13.1. The summed E-state index contributed by atoms with van der Waals surface area (Å²) in [6.45, 7) is 2.98. The lowest BCUT2D eigenvalue weighted by atomic mass is 9.85. The van der Waals surface area contributed by atoms with E-state index >= 15 is 0 Å². The van der Waals surface area contributed by atoms with Crippen LogP contribution in [0.15, 0.2) is 0 Å². The maximum atomic E-state index is 12.6. The fourth-order valence-electron chi connectivity index (χ4n) is 3.84. The van der Waals surface area contributed by atoms with Gasteiger partial charge in [-0.05, 0) is 44.1 Å². The van der Waals surface area contributed by atoms with Crippen LogP contribution in [0.1, 0.15) is 51.9 Å². The highest BCUT2D eigenvalue weighted by Gasteiger charge is 2.36. The highest BCUT2D eigenvalue weighted by atomic mass is 35.5. The second kappa shape index (κ2) is 7.49. The summed E-state index contributed by atoms with van der Waals surface area (Å²) in [4.78, 5) is 14.6. The Morgan fingerprint density at radius 2 is 1.89 bits per heavy atom. The Labute approximate surface area is 123 Å². The number of carbonyl (C=O) groups excluding carboxylic acids is 1. The highest BCUT2D eigenvalue weighted by molar-refractivity contribution is 5.85. The Balaban J connectivity index is 0.00000180. The second-order valence-electron chi connectivity index (χ2n) is 6.41. The Bertz CT molecular complexity index is 298. The monoisotopic (exact) mass is 288 g/mol. The van der Waals surface area contributed by atoms with E-state index in [4.69, 9.17) is 5.73 Å². The van der Waals surface area contributed by atoms with Gasteiger partial charge in [0.2, 0.25) is 5.91 Å². The summed E-state index contributed by atoms with van der Waals surface area (Å²) in [7, 11) is 2.01. The quantitative estimate of drug-likeness (QED) is 0.868. The Morgan fingerprint density at radius 3 is 2.53 bits per heavy atom. The molecule has 2 rings (SSSR count). The first-order valence-electron chi connectivity index (χ1n) is 7.60. The SMILES string of the molecule is CC1CCCC(N(C)C(=O)[C@@H]2CCC[C@@H]2CN)C1.Cl. The molecular weight excluding hydrogens is 260 g/mol. The molecule has 0 saturated heterocycles. The van der Waals surface area contributed by atoms with E-state index in [2.05, 4.69) is 6.92 Å². The number of hydrogen-bond acceptors (Lipinski definition) is 2. The predicted octanol–water partition coefficient (Wildman–Crippen LogP) is 2.82. The van der Waals surface area contributed by atoms with Crippen molar-refractivity contribution < 1.29 is 4.79 Å². The minimum atomic E-state index is 0. The molecule has 4 atom stereocenters. The van der Waals surface area contributed by atoms with Crippen molar-refractivity contribution in [1.29, 1.82) is 0 Å². The Hall–Kier alpha value is -0.280. The average molecular weight is 289 g/mol. The predicted molar refractivity (Wildman–Crippen MR) is 81.3 cm³/mol. The summed E-state index contributed by atoms with van der Waals surface area (Å²) in [6, 6.07) is 0.472. The maximum Gasteiger partial charge on any atom is 0.225 e. The first kappa shape index (κ1) is 16.8. The smallest absolute Gasteiger partial charge is 0.225 e. The minimum absolute atomic E-state index is 0. The zero-order chi connectivity index (χ0) is 13.1. The minimum Gasteiger partial charge on any atom is -0.343 e. The summed E-state index contributed by atoms with van der Waals surface area (Å²) >= 11 is 0. The van der Waals surface area contributed by atoms with Crippen molar-refractivity contribution in [2.75, 3.05) is 13.6 Å². The van der Waals surface area contributed by atoms with E-state index in [1.807, 2.05) is 11.9 Å². The zero-order valence-electron chi connectivity index (χ0n) is 12.3. The highest BCUT2D eigenvalue weighted by Crippen LogP contribution is 2.34. The summed E-state index contributed by atoms with van der Waals surface area (Å²) in [5.74, 6) is 1.77. The van der Waals surface area contributed by atoms with Gasteiger partial charge >= 0.3 is 0 Å². The number of nitrogens with zero attached hydrogens (tertiary/aromatic N) is 1. The molecule has 2 saturated carbocycles. The first-order chi connectivity index (χ1) is 8.63. The molecule has 0 radical (unpaired) electrons. The normalized spacial score (nSPS) is 34.7. The van der Waals surface area contributed by atoms with E-state index in [9.17, 15) is 4.79 Å². The fourth-order valence-corrected chi connectivity index (χ4v) is 3.84. The third-order valence-electron chi connectivity index (χ3n) is 5.08. The number of amides is 1. The van der Waals surface area contributed by atoms with Gasteiger partial charge in [0, 0.05) is 19.0 Å². The largest absolute Gasteiger partial charge is 0.343 e. The van der Waals surface area contributed by atoms with E-state index in [1.165, 1.54) is 32.1 Å². The van der Waals surface area contributed by atoms with Crippen molar-refractivity contribution in [1.82, 2.24) is 4.90 Å². The fraction of sp³-hybridized carbons (Fsp3) is 0.933. The van der Waals surface area contributed by atoms with Gasteiger partial charge in [0.05, 0.1) is 0 Å². The number of halogens is 1. The topological polar surface area (TPSA) is 46.3 Å². The lowest BCUT2D eigenvalue weighted by Gasteiger charge is -2.36. The molecule has 1 amide bonds. The molecule has 2 aliphatic carbocycles. The Morgan fingerprint density at radius 1 is 1.21 bits per heavy atom. The molecule has 112 valence electrons. The van der Waals surface area contributed by atoms with Crippen LogP contribution in [0, 0.1) is 17.8 Å². The molecule has 0 aliphatic heterocycles. The molecule has 0 bridgehead atoms. The summed E-state index contributed by atoms with van der Waals surface area (Å²) < 4.78 is 0. The second-order valence-corrected chi connectivity index (χ2v) is 6.41. The molecule has 2 aliphatic rings. The van der Waals surface area contributed by atoms with Crippen molar-refractivity contribution in [2.45, 2.75) is 57.9 Å². The van der Waals surface area contributed by atoms with E-state index in [-0.39, 0.29) is 18.3 Å². The third-order valence-corrected chi connectivity index (χ3v) is 5.08. The molecule has 0 spiro atoms. The van der Waals surface area contributed by atoms with Crippen LogP contribution < -0.4 is 5.73 Å². The van der Waals surface area contributed by atoms with Crippen LogP contribution >= 0.6 is 12.4 Å². The van der Waals surface area contributed by atoms with Crippen LogP contribution in [0.5, 0.6) is 0 Å². The van der Waals surface area contributed by atoms with Gasteiger partial charge in [-0.3, -0.25) is 4.79 Å². The van der Waals surface area contributed by atoms with Gasteiger partial charge in [0.1, 0.15) is 0 Å². The number of carbonyl (C=O) groups is 1. The standard InChI is InChI=1S/C15H28N2O.ClH/c1-11-5-3-7-13(9-11)17(2)15(18)14-8-4-6-12(14)10-16;/h11-14H,3-10,16H2,1-2H3;1H/t11?,12-,13?,14-;/m1./s1. The molecule has 0 aromatic heterocycles. The number of nitrogens with two attached hydrogens (primary N) is 1. The van der Waals surface area contributed by atoms with E-state index in [0.29, 0.717) is 24.4 Å². The van der Waals surface area contributed by atoms with Crippen LogP contribution in [0.25, 0.3) is 0 Å². The molecule has 4 heteroatoms. The molecule has 0 heterocycles. The Kier molecular flexibility index (Phi) is 6.61. The van der Waals surface area contributed by atoms with Crippen molar-refractivity contribution in [3.8, 4) is 0 Å². The van der Waals surface area contributed by atoms with Gasteiger partial charge in [-0.1, -0.05) is 26.2 Å². The average Bonchev–Trinajstić information content (AvgIpc) is 2.85. The maximum absolute atomic E-state index is 12.6. The van der Waals surface area contributed by atoms with Crippen molar-refractivity contribution in [3.63, 3.8) is 0 Å². The molecule has 3 nitrogen and oxygen atoms in total. The molecule has 0 aromatic carbocycles. The molecule has 0 aromatic rings. The van der Waals surface area contributed by atoms with E-state index in [1.54, 1.807) is 0 Å².